The van der Waals surface area contributed by atoms with Crippen LogP contribution in [0, 0.1) is 12.7 Å². The van der Waals surface area contributed by atoms with Gasteiger partial charge in [-0.3, -0.25) is 0 Å². The third-order valence-electron chi connectivity index (χ3n) is 3.37. The second-order valence-corrected chi connectivity index (χ2v) is 6.22. The summed E-state index contributed by atoms with van der Waals surface area (Å²) in [6.07, 6.45) is 0.657. The van der Waals surface area contributed by atoms with E-state index in [9.17, 15) is 4.39 Å². The van der Waals surface area contributed by atoms with Crippen LogP contribution in [0.5, 0.6) is 0 Å². The average Bonchev–Trinajstić information content (AvgIpc) is 2.44. The first kappa shape index (κ1) is 15.1. The number of rotatable bonds is 5. The first-order chi connectivity index (χ1) is 9.60. The van der Waals surface area contributed by atoms with Crippen LogP contribution in [0.25, 0.3) is 0 Å². The molecule has 1 nitrogen and oxygen atoms in total. The van der Waals surface area contributed by atoms with Crippen LogP contribution >= 0.6 is 11.8 Å². The van der Waals surface area contributed by atoms with Crippen LogP contribution in [0.1, 0.15) is 29.7 Å². The Bertz CT molecular complexity index is 566. The lowest BCUT2D eigenvalue weighted by Gasteiger charge is -2.14. The summed E-state index contributed by atoms with van der Waals surface area (Å²) in [5.41, 5.74) is 9.39. The van der Waals surface area contributed by atoms with Gasteiger partial charge in [-0.05, 0) is 60.1 Å². The van der Waals surface area contributed by atoms with Gasteiger partial charge in [-0.15, -0.1) is 11.8 Å². The predicted octanol–water partition coefficient (Wildman–Crippen LogP) is 4.49. The normalized spacial score (nSPS) is 12.4. The second kappa shape index (κ2) is 6.91. The van der Waals surface area contributed by atoms with Crippen molar-refractivity contribution in [3.05, 3.63) is 65.0 Å². The van der Waals surface area contributed by atoms with E-state index in [1.54, 1.807) is 12.1 Å². The third kappa shape index (κ3) is 3.84. The van der Waals surface area contributed by atoms with E-state index in [1.807, 2.05) is 18.7 Å². The maximum Gasteiger partial charge on any atom is 0.123 e. The summed E-state index contributed by atoms with van der Waals surface area (Å²) in [7, 11) is 0. The molecule has 2 N–H and O–H groups in total. The van der Waals surface area contributed by atoms with Crippen molar-refractivity contribution < 1.29 is 4.39 Å². The van der Waals surface area contributed by atoms with E-state index in [4.69, 9.17) is 5.73 Å². The van der Waals surface area contributed by atoms with E-state index < -0.39 is 0 Å². The quantitative estimate of drug-likeness (QED) is 0.821. The summed E-state index contributed by atoms with van der Waals surface area (Å²) >= 11 is 1.81. The van der Waals surface area contributed by atoms with Gasteiger partial charge in [-0.25, -0.2) is 4.39 Å². The molecule has 0 aromatic heterocycles. The average molecular weight is 289 g/mol. The molecule has 1 atom stereocenters. The maximum absolute atomic E-state index is 13.3. The van der Waals surface area contributed by atoms with Crippen molar-refractivity contribution in [1.82, 2.24) is 0 Å². The Morgan fingerprint density at radius 1 is 1.15 bits per heavy atom. The Labute approximate surface area is 124 Å². The van der Waals surface area contributed by atoms with Crippen molar-refractivity contribution in [3.63, 3.8) is 0 Å². The Kier molecular flexibility index (Phi) is 5.21. The van der Waals surface area contributed by atoms with E-state index in [0.717, 1.165) is 22.4 Å². The largest absolute Gasteiger partial charge is 0.324 e. The Morgan fingerprint density at radius 3 is 2.50 bits per heavy atom. The number of hydrogen-bond acceptors (Lipinski definition) is 2. The van der Waals surface area contributed by atoms with Gasteiger partial charge in [0.15, 0.2) is 0 Å². The minimum absolute atomic E-state index is 0.101. The van der Waals surface area contributed by atoms with E-state index in [1.165, 1.54) is 11.0 Å². The van der Waals surface area contributed by atoms with E-state index in [2.05, 4.69) is 31.2 Å². The fourth-order valence-corrected chi connectivity index (χ4v) is 2.85. The molecule has 0 aliphatic rings. The third-order valence-corrected chi connectivity index (χ3v) is 4.26. The van der Waals surface area contributed by atoms with Gasteiger partial charge in [0, 0.05) is 10.9 Å². The molecule has 2 rings (SSSR count). The number of hydrogen-bond donors (Lipinski definition) is 1. The topological polar surface area (TPSA) is 26.0 Å². The molecule has 0 heterocycles. The zero-order chi connectivity index (χ0) is 14.5. The Morgan fingerprint density at radius 2 is 1.85 bits per heavy atom. The summed E-state index contributed by atoms with van der Waals surface area (Å²) in [6, 6.07) is 13.1. The molecule has 20 heavy (non-hydrogen) atoms. The molecule has 1 unspecified atom stereocenters. The zero-order valence-electron chi connectivity index (χ0n) is 11.9. The molecule has 0 aliphatic carbocycles. The number of thioether (sulfide) groups is 1. The zero-order valence-corrected chi connectivity index (χ0v) is 12.7. The minimum Gasteiger partial charge on any atom is -0.324 e. The van der Waals surface area contributed by atoms with Gasteiger partial charge in [-0.1, -0.05) is 25.1 Å². The molecule has 3 heteroatoms. The van der Waals surface area contributed by atoms with Gasteiger partial charge in [0.2, 0.25) is 0 Å². The highest BCUT2D eigenvalue weighted by molar-refractivity contribution is 7.99. The molecule has 2 aromatic rings. The molecule has 106 valence electrons. The second-order valence-electron chi connectivity index (χ2n) is 4.88. The Hall–Kier alpha value is -1.32. The smallest absolute Gasteiger partial charge is 0.123 e. The number of benzene rings is 2. The van der Waals surface area contributed by atoms with Crippen LogP contribution in [0.4, 0.5) is 4.39 Å². The molecule has 0 bridgehead atoms. The Balaban J connectivity index is 2.11. The SMILES string of the molecule is CCSc1ccc(C(N)Cc2cc(F)ccc2C)cc1. The molecular weight excluding hydrogens is 269 g/mol. The molecule has 0 spiro atoms. The van der Waals surface area contributed by atoms with Crippen LogP contribution in [-0.2, 0) is 6.42 Å². The van der Waals surface area contributed by atoms with Gasteiger partial charge in [-0.2, -0.15) is 0 Å². The van der Waals surface area contributed by atoms with Crippen LogP contribution in [0.15, 0.2) is 47.4 Å². The fraction of sp³-hybridized carbons (Fsp3) is 0.294. The highest BCUT2D eigenvalue weighted by Crippen LogP contribution is 2.23. The van der Waals surface area contributed by atoms with Gasteiger partial charge in [0.25, 0.3) is 0 Å². The van der Waals surface area contributed by atoms with Crippen LogP contribution < -0.4 is 5.73 Å². The molecular formula is C17H20FNS. The number of aryl methyl sites for hydroxylation is 1. The van der Waals surface area contributed by atoms with E-state index in [-0.39, 0.29) is 11.9 Å². The fourth-order valence-electron chi connectivity index (χ4n) is 2.19. The van der Waals surface area contributed by atoms with Crippen LogP contribution in [-0.4, -0.2) is 5.75 Å². The number of nitrogens with two attached hydrogens (primary N) is 1. The van der Waals surface area contributed by atoms with E-state index >= 15 is 0 Å². The van der Waals surface area contributed by atoms with Crippen molar-refractivity contribution in [2.24, 2.45) is 5.73 Å². The van der Waals surface area contributed by atoms with Gasteiger partial charge in [0.05, 0.1) is 0 Å². The molecule has 2 aromatic carbocycles. The van der Waals surface area contributed by atoms with Crippen LogP contribution in [0.2, 0.25) is 0 Å². The van der Waals surface area contributed by atoms with Gasteiger partial charge < -0.3 is 5.73 Å². The van der Waals surface area contributed by atoms with E-state index in [0.29, 0.717) is 6.42 Å². The standard InChI is InChI=1S/C17H20FNS/c1-3-20-16-8-5-13(6-9-16)17(19)11-14-10-15(18)7-4-12(14)2/h4-10,17H,3,11,19H2,1-2H3. The summed E-state index contributed by atoms with van der Waals surface area (Å²) in [6.45, 7) is 4.12. The lowest BCUT2D eigenvalue weighted by Crippen LogP contribution is -2.14. The number of halogens is 1. The van der Waals surface area contributed by atoms with Crippen molar-refractivity contribution in [3.8, 4) is 0 Å². The van der Waals surface area contributed by atoms with Crippen molar-refractivity contribution >= 4 is 11.8 Å². The maximum atomic E-state index is 13.3. The summed E-state index contributed by atoms with van der Waals surface area (Å²) in [5, 5.41) is 0. The molecule has 0 saturated heterocycles. The lowest BCUT2D eigenvalue weighted by molar-refractivity contribution is 0.621. The highest BCUT2D eigenvalue weighted by Gasteiger charge is 2.09. The van der Waals surface area contributed by atoms with Crippen LogP contribution in [0.3, 0.4) is 0 Å². The molecule has 0 radical (unpaired) electrons. The monoisotopic (exact) mass is 289 g/mol. The predicted molar refractivity (Wildman–Crippen MR) is 84.6 cm³/mol. The van der Waals surface area contributed by atoms with Crippen molar-refractivity contribution in [1.29, 1.82) is 0 Å². The first-order valence-electron chi connectivity index (χ1n) is 6.83. The summed E-state index contributed by atoms with van der Waals surface area (Å²) < 4.78 is 13.3. The summed E-state index contributed by atoms with van der Waals surface area (Å²) in [4.78, 5) is 1.25. The molecule has 0 aliphatic heterocycles. The summed E-state index contributed by atoms with van der Waals surface area (Å²) in [5.74, 6) is 0.862. The van der Waals surface area contributed by atoms with Gasteiger partial charge in [0.1, 0.15) is 5.82 Å². The lowest BCUT2D eigenvalue weighted by atomic mass is 9.97. The van der Waals surface area contributed by atoms with Gasteiger partial charge >= 0.3 is 0 Å². The molecule has 0 saturated carbocycles. The van der Waals surface area contributed by atoms with Crippen molar-refractivity contribution in [2.45, 2.75) is 31.2 Å². The molecule has 0 amide bonds. The minimum atomic E-state index is -0.201. The van der Waals surface area contributed by atoms with Crippen molar-refractivity contribution in [2.75, 3.05) is 5.75 Å². The highest BCUT2D eigenvalue weighted by atomic mass is 32.2. The molecule has 0 fully saturated rings. The first-order valence-corrected chi connectivity index (χ1v) is 7.82.